The predicted molar refractivity (Wildman–Crippen MR) is 96.4 cm³/mol. The number of hydrogen-bond donors (Lipinski definition) is 0. The molecule has 1 aliphatic rings. The molecular formula is C16H19F6NO6S2. The van der Waals surface area contributed by atoms with Gasteiger partial charge in [0.2, 0.25) is 0 Å². The molecule has 31 heavy (non-hydrogen) atoms. The minimum atomic E-state index is -6.30. The van der Waals surface area contributed by atoms with E-state index in [9.17, 15) is 43.2 Å². The lowest BCUT2D eigenvalue weighted by Crippen LogP contribution is -2.35. The van der Waals surface area contributed by atoms with Crippen LogP contribution in [0.1, 0.15) is 37.7 Å². The number of alkyl halides is 6. The second kappa shape index (κ2) is 9.02. The molecule has 15 heteroatoms. The Hall–Kier alpha value is -1.74. The van der Waals surface area contributed by atoms with Crippen molar-refractivity contribution in [1.82, 2.24) is 4.90 Å². The van der Waals surface area contributed by atoms with Crippen LogP contribution in [0, 0.1) is 0 Å². The van der Waals surface area contributed by atoms with Crippen molar-refractivity contribution in [3.05, 3.63) is 23.8 Å². The number of halogens is 6. The summed E-state index contributed by atoms with van der Waals surface area (Å²) >= 11 is 0. The van der Waals surface area contributed by atoms with Crippen LogP contribution in [0.3, 0.4) is 0 Å². The van der Waals surface area contributed by atoms with Gasteiger partial charge in [0.25, 0.3) is 0 Å². The van der Waals surface area contributed by atoms with Crippen LogP contribution in [0.25, 0.3) is 0 Å². The van der Waals surface area contributed by atoms with Crippen LogP contribution in [0.4, 0.5) is 26.3 Å². The van der Waals surface area contributed by atoms with E-state index < -0.39 is 42.8 Å². The largest absolute Gasteiger partial charge is 0.534 e. The van der Waals surface area contributed by atoms with Gasteiger partial charge in [-0.15, -0.1) is 0 Å². The number of nitrogens with zero attached hydrogens (tertiary/aromatic N) is 1. The molecule has 1 aromatic rings. The molecular weight excluding hydrogens is 480 g/mol. The number of piperidine rings is 1. The quantitative estimate of drug-likeness (QED) is 0.321. The fourth-order valence-electron chi connectivity index (χ4n) is 3.09. The van der Waals surface area contributed by atoms with E-state index in [1.54, 1.807) is 0 Å². The summed E-state index contributed by atoms with van der Waals surface area (Å²) in [5, 5.41) is 0. The zero-order valence-electron chi connectivity index (χ0n) is 16.0. The Morgan fingerprint density at radius 2 is 1.52 bits per heavy atom. The Morgan fingerprint density at radius 3 is 2.03 bits per heavy atom. The third-order valence-electron chi connectivity index (χ3n) is 4.45. The molecule has 1 aliphatic heterocycles. The van der Waals surface area contributed by atoms with Crippen molar-refractivity contribution in [1.29, 1.82) is 0 Å². The number of hydrogen-bond acceptors (Lipinski definition) is 7. The summed E-state index contributed by atoms with van der Waals surface area (Å²) in [7, 11) is -12.6. The fourth-order valence-corrected chi connectivity index (χ4v) is 4.02. The van der Waals surface area contributed by atoms with Gasteiger partial charge in [-0.1, -0.05) is 13.0 Å². The van der Waals surface area contributed by atoms with Gasteiger partial charge < -0.3 is 13.3 Å². The van der Waals surface area contributed by atoms with E-state index in [1.807, 2.05) is 6.92 Å². The van der Waals surface area contributed by atoms with Gasteiger partial charge >= 0.3 is 31.3 Å². The number of rotatable bonds is 7. The summed E-state index contributed by atoms with van der Waals surface area (Å²) in [4.78, 5) is 2.07. The van der Waals surface area contributed by atoms with Gasteiger partial charge in [0, 0.05) is 6.54 Å². The Labute approximate surface area is 175 Å². The molecule has 0 saturated carbocycles. The Bertz CT molecular complexity index is 989. The molecule has 1 heterocycles. The molecule has 0 spiro atoms. The first-order chi connectivity index (χ1) is 14.1. The van der Waals surface area contributed by atoms with E-state index in [0.29, 0.717) is 19.0 Å². The van der Waals surface area contributed by atoms with Gasteiger partial charge in [-0.2, -0.15) is 43.2 Å². The van der Waals surface area contributed by atoms with Crippen LogP contribution >= 0.6 is 0 Å². The van der Waals surface area contributed by atoms with E-state index in [1.165, 1.54) is 0 Å². The van der Waals surface area contributed by atoms with Crippen molar-refractivity contribution in [2.24, 2.45) is 0 Å². The van der Waals surface area contributed by atoms with E-state index >= 15 is 0 Å². The summed E-state index contributed by atoms with van der Waals surface area (Å²) in [5.41, 5.74) is -11.5. The minimum Gasteiger partial charge on any atom is -0.372 e. The Morgan fingerprint density at radius 1 is 0.968 bits per heavy atom. The highest BCUT2D eigenvalue weighted by Gasteiger charge is 2.51. The highest BCUT2D eigenvalue weighted by atomic mass is 32.2. The third kappa shape index (κ3) is 6.16. The average Bonchev–Trinajstić information content (AvgIpc) is 2.61. The molecule has 2 rings (SSSR count). The Balaban J connectivity index is 2.47. The van der Waals surface area contributed by atoms with Gasteiger partial charge in [-0.25, -0.2) is 0 Å². The fraction of sp³-hybridized carbons (Fsp3) is 0.625. The van der Waals surface area contributed by atoms with Crippen molar-refractivity contribution >= 4 is 20.2 Å². The van der Waals surface area contributed by atoms with Crippen molar-refractivity contribution in [3.8, 4) is 11.5 Å². The molecule has 1 atom stereocenters. The van der Waals surface area contributed by atoms with Crippen molar-refractivity contribution in [2.45, 2.75) is 43.1 Å². The molecule has 7 nitrogen and oxygen atoms in total. The van der Waals surface area contributed by atoms with E-state index in [4.69, 9.17) is 0 Å². The molecule has 1 fully saturated rings. The lowest BCUT2D eigenvalue weighted by Gasteiger charge is -2.33. The highest BCUT2D eigenvalue weighted by Crippen LogP contribution is 2.39. The first-order valence-corrected chi connectivity index (χ1v) is 11.8. The van der Waals surface area contributed by atoms with Gasteiger partial charge in [-0.3, -0.25) is 0 Å². The molecule has 0 amide bonds. The maximum Gasteiger partial charge on any atom is 0.534 e. The maximum atomic E-state index is 12.7. The van der Waals surface area contributed by atoms with E-state index in [2.05, 4.69) is 13.3 Å². The average molecular weight is 499 g/mol. The third-order valence-corrected chi connectivity index (χ3v) is 6.38. The lowest BCUT2D eigenvalue weighted by atomic mass is 9.90. The predicted octanol–water partition coefficient (Wildman–Crippen LogP) is 3.73. The highest BCUT2D eigenvalue weighted by molar-refractivity contribution is 7.88. The molecule has 0 radical (unpaired) electrons. The van der Waals surface area contributed by atoms with Crippen LogP contribution < -0.4 is 8.37 Å². The van der Waals surface area contributed by atoms with Gasteiger partial charge in [0.1, 0.15) is 0 Å². The van der Waals surface area contributed by atoms with Gasteiger partial charge in [-0.05, 0) is 56.0 Å². The maximum absolute atomic E-state index is 12.7. The van der Waals surface area contributed by atoms with E-state index in [-0.39, 0.29) is 11.5 Å². The van der Waals surface area contributed by atoms with Crippen molar-refractivity contribution in [2.75, 3.05) is 19.6 Å². The number of likely N-dealkylation sites (tertiary alicyclic amines) is 1. The van der Waals surface area contributed by atoms with Crippen LogP contribution in [0.5, 0.6) is 11.5 Å². The van der Waals surface area contributed by atoms with E-state index in [0.717, 1.165) is 38.1 Å². The molecule has 0 aromatic heterocycles. The van der Waals surface area contributed by atoms with Crippen LogP contribution in [-0.4, -0.2) is 52.4 Å². The topological polar surface area (TPSA) is 90.0 Å². The number of benzene rings is 1. The van der Waals surface area contributed by atoms with Crippen molar-refractivity contribution < 1.29 is 51.5 Å². The molecule has 1 unspecified atom stereocenters. The van der Waals surface area contributed by atoms with Crippen LogP contribution in [-0.2, 0) is 20.2 Å². The van der Waals surface area contributed by atoms with Gasteiger partial charge in [0.15, 0.2) is 11.5 Å². The van der Waals surface area contributed by atoms with Crippen LogP contribution in [0.2, 0.25) is 0 Å². The molecule has 0 N–H and O–H groups in total. The molecule has 1 aromatic carbocycles. The first kappa shape index (κ1) is 25.5. The van der Waals surface area contributed by atoms with Crippen molar-refractivity contribution in [3.63, 3.8) is 0 Å². The Kier molecular flexibility index (Phi) is 7.42. The molecule has 0 bridgehead atoms. The van der Waals surface area contributed by atoms with Gasteiger partial charge in [0.05, 0.1) is 0 Å². The zero-order chi connectivity index (χ0) is 23.7. The normalized spacial score (nSPS) is 19.3. The summed E-state index contributed by atoms with van der Waals surface area (Å²) in [6, 6.07) is 2.55. The summed E-state index contributed by atoms with van der Waals surface area (Å²) in [6.07, 6.45) is 2.14. The smallest absolute Gasteiger partial charge is 0.372 e. The summed E-state index contributed by atoms with van der Waals surface area (Å²) in [6.45, 7) is 3.94. The summed E-state index contributed by atoms with van der Waals surface area (Å²) < 4.78 is 129. The lowest BCUT2D eigenvalue weighted by molar-refractivity contribution is -0.0513. The second-order valence-corrected chi connectivity index (χ2v) is 9.89. The van der Waals surface area contributed by atoms with Crippen LogP contribution in [0.15, 0.2) is 18.2 Å². The molecule has 0 aliphatic carbocycles. The molecule has 1 saturated heterocycles. The monoisotopic (exact) mass is 499 g/mol. The molecule has 178 valence electrons. The second-order valence-electron chi connectivity index (χ2n) is 6.81. The summed E-state index contributed by atoms with van der Waals surface area (Å²) in [5.74, 6) is -2.94. The first-order valence-electron chi connectivity index (χ1n) is 8.95. The SMILES string of the molecule is CCCN1CCCC(c2ccc(OS(=O)(=O)C(F)(F)F)c(OS(=O)(=O)C(F)(F)F)c2)C1. The minimum absolute atomic E-state index is 0.268. The standard InChI is InChI=1S/C16H19F6NO6S2/c1-2-7-23-8-3-4-12(10-23)11-5-6-13(28-30(24,25)15(17,18)19)14(9-11)29-31(26,27)16(20,21)22/h5-6,9,12H,2-4,7-8,10H2,1H3. The zero-order valence-corrected chi connectivity index (χ0v) is 17.7.